The Bertz CT molecular complexity index is 650. The molecule has 5 nitrogen and oxygen atoms in total. The van der Waals surface area contributed by atoms with Crippen molar-refractivity contribution in [3.63, 3.8) is 0 Å². The topological polar surface area (TPSA) is 63.2 Å². The predicted molar refractivity (Wildman–Crippen MR) is 84.4 cm³/mol. The van der Waals surface area contributed by atoms with Crippen LogP contribution in [0, 0.1) is 0 Å². The largest absolute Gasteiger partial charge is 0.495 e. The molecule has 0 fully saturated rings. The third-order valence-corrected chi connectivity index (χ3v) is 3.11. The summed E-state index contributed by atoms with van der Waals surface area (Å²) in [5, 5.41) is 6.28. The lowest BCUT2D eigenvalue weighted by Crippen LogP contribution is -2.22. The van der Waals surface area contributed by atoms with Gasteiger partial charge in [-0.1, -0.05) is 35.3 Å². The molecule has 1 amide bonds. The van der Waals surface area contributed by atoms with Gasteiger partial charge in [0.15, 0.2) is 5.82 Å². The molecule has 0 aliphatic carbocycles. The van der Waals surface area contributed by atoms with Crippen molar-refractivity contribution < 1.29 is 9.53 Å². The summed E-state index contributed by atoms with van der Waals surface area (Å²) in [6.07, 6.45) is 1.41. The lowest BCUT2D eigenvalue weighted by atomic mass is 10.3. The first-order valence-corrected chi connectivity index (χ1v) is 6.83. The van der Waals surface area contributed by atoms with Gasteiger partial charge >= 0.3 is 0 Å². The van der Waals surface area contributed by atoms with Gasteiger partial charge < -0.3 is 15.4 Å². The molecule has 110 valence electrons. The SMILES string of the molecule is COc1ccccc1NCC(=O)Nc1ncc(Cl)cc1Cl. The fourth-order valence-electron chi connectivity index (χ4n) is 1.65. The Kier molecular flexibility index (Phi) is 5.25. The summed E-state index contributed by atoms with van der Waals surface area (Å²) < 4.78 is 5.19. The van der Waals surface area contributed by atoms with E-state index in [1.165, 1.54) is 12.3 Å². The lowest BCUT2D eigenvalue weighted by Gasteiger charge is -2.11. The molecule has 1 aromatic heterocycles. The Morgan fingerprint density at radius 3 is 2.81 bits per heavy atom. The van der Waals surface area contributed by atoms with E-state index in [0.717, 1.165) is 5.69 Å². The number of ether oxygens (including phenoxy) is 1. The molecule has 0 atom stereocenters. The number of halogens is 2. The highest BCUT2D eigenvalue weighted by molar-refractivity contribution is 6.36. The van der Waals surface area contributed by atoms with Crippen LogP contribution in [0.25, 0.3) is 0 Å². The maximum atomic E-state index is 11.9. The number of benzene rings is 1. The molecule has 0 spiro atoms. The van der Waals surface area contributed by atoms with E-state index in [1.807, 2.05) is 18.2 Å². The second kappa shape index (κ2) is 7.15. The molecule has 0 radical (unpaired) electrons. The minimum absolute atomic E-state index is 0.0566. The van der Waals surface area contributed by atoms with Gasteiger partial charge in [-0.3, -0.25) is 4.79 Å². The molecule has 2 rings (SSSR count). The summed E-state index contributed by atoms with van der Waals surface area (Å²) >= 11 is 11.7. The van der Waals surface area contributed by atoms with E-state index in [2.05, 4.69) is 15.6 Å². The highest BCUT2D eigenvalue weighted by Gasteiger charge is 2.09. The number of methoxy groups -OCH3 is 1. The number of hydrogen-bond acceptors (Lipinski definition) is 4. The highest BCUT2D eigenvalue weighted by atomic mass is 35.5. The number of para-hydroxylation sites is 2. The van der Waals surface area contributed by atoms with Crippen LogP contribution in [-0.4, -0.2) is 24.5 Å². The molecule has 0 unspecified atom stereocenters. The maximum absolute atomic E-state index is 11.9. The molecule has 0 aliphatic rings. The van der Waals surface area contributed by atoms with Crippen LogP contribution in [0.2, 0.25) is 10.0 Å². The number of carbonyl (C=O) groups excluding carboxylic acids is 1. The third kappa shape index (κ3) is 4.24. The zero-order chi connectivity index (χ0) is 15.2. The molecule has 2 N–H and O–H groups in total. The zero-order valence-corrected chi connectivity index (χ0v) is 12.7. The van der Waals surface area contributed by atoms with E-state index in [4.69, 9.17) is 27.9 Å². The van der Waals surface area contributed by atoms with Crippen LogP contribution in [0.15, 0.2) is 36.5 Å². The van der Waals surface area contributed by atoms with Gasteiger partial charge in [0, 0.05) is 6.20 Å². The number of amides is 1. The minimum atomic E-state index is -0.280. The molecule has 0 bridgehead atoms. The summed E-state index contributed by atoms with van der Waals surface area (Å²) in [5.41, 5.74) is 0.727. The van der Waals surface area contributed by atoms with Gasteiger partial charge in [-0.15, -0.1) is 0 Å². The third-order valence-electron chi connectivity index (χ3n) is 2.61. The second-order valence-corrected chi connectivity index (χ2v) is 4.93. The molecule has 0 saturated heterocycles. The maximum Gasteiger partial charge on any atom is 0.244 e. The van der Waals surface area contributed by atoms with Crippen molar-refractivity contribution in [1.29, 1.82) is 0 Å². The van der Waals surface area contributed by atoms with Gasteiger partial charge in [-0.2, -0.15) is 0 Å². The van der Waals surface area contributed by atoms with Gasteiger partial charge in [0.25, 0.3) is 0 Å². The fourth-order valence-corrected chi connectivity index (χ4v) is 2.08. The smallest absolute Gasteiger partial charge is 0.244 e. The van der Waals surface area contributed by atoms with Crippen LogP contribution in [0.3, 0.4) is 0 Å². The standard InChI is InChI=1S/C14H13Cl2N3O2/c1-21-12-5-3-2-4-11(12)17-8-13(20)19-14-10(16)6-9(15)7-18-14/h2-7,17H,8H2,1H3,(H,18,19,20). The quantitative estimate of drug-likeness (QED) is 0.883. The van der Waals surface area contributed by atoms with Crippen molar-refractivity contribution in [3.8, 4) is 5.75 Å². The molecule has 0 saturated carbocycles. The van der Waals surface area contributed by atoms with Gasteiger partial charge in [-0.05, 0) is 18.2 Å². The number of nitrogens with zero attached hydrogens (tertiary/aromatic N) is 1. The molecule has 21 heavy (non-hydrogen) atoms. The van der Waals surface area contributed by atoms with Crippen molar-refractivity contribution in [3.05, 3.63) is 46.6 Å². The molecule has 2 aromatic rings. The second-order valence-electron chi connectivity index (χ2n) is 4.09. The number of anilines is 2. The molecule has 1 aromatic carbocycles. The predicted octanol–water partition coefficient (Wildman–Crippen LogP) is 3.45. The van der Waals surface area contributed by atoms with E-state index >= 15 is 0 Å². The molecular formula is C14H13Cl2N3O2. The Morgan fingerprint density at radius 1 is 1.33 bits per heavy atom. The first-order chi connectivity index (χ1) is 10.1. The summed E-state index contributed by atoms with van der Waals surface area (Å²) in [5.74, 6) is 0.651. The number of aromatic nitrogens is 1. The Morgan fingerprint density at radius 2 is 2.10 bits per heavy atom. The summed E-state index contributed by atoms with van der Waals surface area (Å²) in [7, 11) is 1.57. The van der Waals surface area contributed by atoms with Crippen LogP contribution >= 0.6 is 23.2 Å². The van der Waals surface area contributed by atoms with Gasteiger partial charge in [-0.25, -0.2) is 4.98 Å². The number of hydrogen-bond donors (Lipinski definition) is 2. The molecule has 0 aliphatic heterocycles. The van der Waals surface area contributed by atoms with Crippen molar-refractivity contribution in [2.45, 2.75) is 0 Å². The molecule has 7 heteroatoms. The van der Waals surface area contributed by atoms with E-state index in [-0.39, 0.29) is 23.3 Å². The number of carbonyl (C=O) groups is 1. The summed E-state index contributed by atoms with van der Waals surface area (Å²) in [4.78, 5) is 15.8. The molecular weight excluding hydrogens is 313 g/mol. The number of nitrogens with one attached hydrogen (secondary N) is 2. The van der Waals surface area contributed by atoms with E-state index in [0.29, 0.717) is 10.8 Å². The fraction of sp³-hybridized carbons (Fsp3) is 0.143. The lowest BCUT2D eigenvalue weighted by molar-refractivity contribution is -0.114. The Hall–Kier alpha value is -1.98. The zero-order valence-electron chi connectivity index (χ0n) is 11.2. The first-order valence-electron chi connectivity index (χ1n) is 6.08. The average molecular weight is 326 g/mol. The normalized spacial score (nSPS) is 10.0. The van der Waals surface area contributed by atoms with Crippen molar-refractivity contribution in [2.24, 2.45) is 0 Å². The van der Waals surface area contributed by atoms with Crippen LogP contribution in [0.1, 0.15) is 0 Å². The van der Waals surface area contributed by atoms with Crippen LogP contribution in [-0.2, 0) is 4.79 Å². The van der Waals surface area contributed by atoms with Gasteiger partial charge in [0.1, 0.15) is 5.75 Å². The first kappa shape index (κ1) is 15.4. The molecule has 1 heterocycles. The number of pyridine rings is 1. The van der Waals surface area contributed by atoms with E-state index in [9.17, 15) is 4.79 Å². The van der Waals surface area contributed by atoms with Crippen molar-refractivity contribution in [1.82, 2.24) is 4.98 Å². The van der Waals surface area contributed by atoms with Crippen molar-refractivity contribution >= 4 is 40.6 Å². The monoisotopic (exact) mass is 325 g/mol. The van der Waals surface area contributed by atoms with Crippen molar-refractivity contribution in [2.75, 3.05) is 24.3 Å². The Labute approximate surface area is 132 Å². The number of rotatable bonds is 5. The van der Waals surface area contributed by atoms with Crippen LogP contribution in [0.5, 0.6) is 5.75 Å². The minimum Gasteiger partial charge on any atom is -0.495 e. The summed E-state index contributed by atoms with van der Waals surface area (Å²) in [6, 6.07) is 8.83. The Balaban J connectivity index is 1.96. The summed E-state index contributed by atoms with van der Waals surface area (Å²) in [6.45, 7) is 0.0566. The van der Waals surface area contributed by atoms with Crippen LogP contribution in [0.4, 0.5) is 11.5 Å². The average Bonchev–Trinajstić information content (AvgIpc) is 2.48. The van der Waals surface area contributed by atoms with Gasteiger partial charge in [0.05, 0.1) is 29.4 Å². The van der Waals surface area contributed by atoms with E-state index in [1.54, 1.807) is 13.2 Å². The van der Waals surface area contributed by atoms with E-state index < -0.39 is 0 Å². The van der Waals surface area contributed by atoms with Crippen LogP contribution < -0.4 is 15.4 Å². The highest BCUT2D eigenvalue weighted by Crippen LogP contribution is 2.24. The van der Waals surface area contributed by atoms with Gasteiger partial charge in [0.2, 0.25) is 5.91 Å².